The van der Waals surface area contributed by atoms with E-state index in [9.17, 15) is 0 Å². The molecule has 0 amide bonds. The van der Waals surface area contributed by atoms with Gasteiger partial charge in [-0.2, -0.15) is 0 Å². The summed E-state index contributed by atoms with van der Waals surface area (Å²) in [5.41, 5.74) is 0. The summed E-state index contributed by atoms with van der Waals surface area (Å²) in [7, 11) is 0.380. The zero-order valence-corrected chi connectivity index (χ0v) is 6.19. The average molecular weight is 143 g/mol. The van der Waals surface area contributed by atoms with Gasteiger partial charge < -0.3 is 0 Å². The molecule has 0 aromatic heterocycles. The van der Waals surface area contributed by atoms with Gasteiger partial charge in [-0.25, -0.2) is 0 Å². The van der Waals surface area contributed by atoms with E-state index in [4.69, 9.17) is 0 Å². The van der Waals surface area contributed by atoms with Crippen LogP contribution in [0.1, 0.15) is 7.43 Å². The molecule has 0 atom stereocenters. The molecule has 0 aliphatic carbocycles. The van der Waals surface area contributed by atoms with E-state index in [1.54, 1.807) is 0 Å². The van der Waals surface area contributed by atoms with Gasteiger partial charge in [-0.3, -0.25) is 0 Å². The van der Waals surface area contributed by atoms with Gasteiger partial charge in [-0.15, -0.1) is 7.92 Å². The molecule has 6 heavy (non-hydrogen) atoms. The third-order valence-electron chi connectivity index (χ3n) is 0. The van der Waals surface area contributed by atoms with Crippen LogP contribution >= 0.6 is 7.92 Å². The van der Waals surface area contributed by atoms with Crippen molar-refractivity contribution in [3.05, 3.63) is 0 Å². The molecule has 1 radical (unpaired) electrons. The molecular formula is C4H13PV. The molecule has 0 fully saturated rings. The number of hydrogen-bond acceptors (Lipinski definition) is 0. The molecule has 0 aromatic rings. The van der Waals surface area contributed by atoms with Crippen molar-refractivity contribution in [3.63, 3.8) is 0 Å². The summed E-state index contributed by atoms with van der Waals surface area (Å²) in [6, 6.07) is 0. The molecular weight excluding hydrogens is 130 g/mol. The Morgan fingerprint density at radius 1 is 1.00 bits per heavy atom. The van der Waals surface area contributed by atoms with Crippen molar-refractivity contribution >= 4 is 7.92 Å². The second kappa shape index (κ2) is 9.38. The molecule has 0 saturated heterocycles. The Kier molecular flexibility index (Phi) is 24.6. The Morgan fingerprint density at radius 3 is 1.00 bits per heavy atom. The van der Waals surface area contributed by atoms with Gasteiger partial charge in [0.25, 0.3) is 0 Å². The molecule has 0 aliphatic heterocycles. The number of hydrogen-bond donors (Lipinski definition) is 0. The Labute approximate surface area is 54.3 Å². The van der Waals surface area contributed by atoms with Crippen LogP contribution in [0.2, 0.25) is 0 Å². The van der Waals surface area contributed by atoms with Crippen molar-refractivity contribution in [1.29, 1.82) is 0 Å². The first kappa shape index (κ1) is 15.7. The van der Waals surface area contributed by atoms with Crippen molar-refractivity contribution < 1.29 is 18.6 Å². The summed E-state index contributed by atoms with van der Waals surface area (Å²) in [5, 5.41) is 0. The van der Waals surface area contributed by atoms with Crippen LogP contribution in [-0.2, 0) is 18.6 Å². The monoisotopic (exact) mass is 143 g/mol. The summed E-state index contributed by atoms with van der Waals surface area (Å²) in [5.74, 6) is 0. The fourth-order valence-corrected chi connectivity index (χ4v) is 0. The van der Waals surface area contributed by atoms with Crippen molar-refractivity contribution in [3.8, 4) is 0 Å². The van der Waals surface area contributed by atoms with Crippen LogP contribution in [0, 0.1) is 0 Å². The normalized spacial score (nSPS) is 6.00. The molecule has 0 aromatic carbocycles. The van der Waals surface area contributed by atoms with Crippen LogP contribution in [0.5, 0.6) is 0 Å². The smallest absolute Gasteiger partial charge is 0 e. The fraction of sp³-hybridized carbons (Fsp3) is 1.00. The molecule has 0 spiro atoms. The third kappa shape index (κ3) is 78.5. The molecule has 39 valence electrons. The van der Waals surface area contributed by atoms with Crippen LogP contribution in [0.3, 0.4) is 0 Å². The Balaban J connectivity index is -0.0000000450. The quantitative estimate of drug-likeness (QED) is 0.455. The van der Waals surface area contributed by atoms with Crippen LogP contribution < -0.4 is 0 Å². The van der Waals surface area contributed by atoms with Gasteiger partial charge in [0.1, 0.15) is 0 Å². The molecule has 0 saturated carbocycles. The van der Waals surface area contributed by atoms with Crippen LogP contribution in [0.15, 0.2) is 0 Å². The van der Waals surface area contributed by atoms with E-state index in [-0.39, 0.29) is 26.0 Å². The van der Waals surface area contributed by atoms with Crippen molar-refractivity contribution in [2.45, 2.75) is 7.43 Å². The molecule has 2 heteroatoms. The molecule has 0 rings (SSSR count). The zero-order valence-electron chi connectivity index (χ0n) is 3.89. The van der Waals surface area contributed by atoms with Crippen molar-refractivity contribution in [2.24, 2.45) is 0 Å². The molecule has 0 heterocycles. The van der Waals surface area contributed by atoms with Crippen LogP contribution in [0.25, 0.3) is 0 Å². The van der Waals surface area contributed by atoms with Crippen molar-refractivity contribution in [2.75, 3.05) is 20.0 Å². The van der Waals surface area contributed by atoms with Gasteiger partial charge in [0.15, 0.2) is 0 Å². The SMILES string of the molecule is C.CP(C)C.[V]. The van der Waals surface area contributed by atoms with Crippen LogP contribution in [-0.4, -0.2) is 20.0 Å². The van der Waals surface area contributed by atoms with E-state index in [1.807, 2.05) is 0 Å². The third-order valence-corrected chi connectivity index (χ3v) is 0. The van der Waals surface area contributed by atoms with E-state index in [0.717, 1.165) is 0 Å². The first-order valence-corrected chi connectivity index (χ1v) is 4.02. The maximum atomic E-state index is 2.23. The zero-order chi connectivity index (χ0) is 3.58. The van der Waals surface area contributed by atoms with Crippen LogP contribution in [0.4, 0.5) is 0 Å². The second-order valence-corrected chi connectivity index (χ2v) is 4.02. The molecule has 0 N–H and O–H groups in total. The minimum atomic E-state index is 0. The maximum absolute atomic E-state index is 2.23. The van der Waals surface area contributed by atoms with Gasteiger partial charge >= 0.3 is 0 Å². The predicted octanol–water partition coefficient (Wildman–Crippen LogP) is 1.99. The minimum absolute atomic E-state index is 0. The summed E-state index contributed by atoms with van der Waals surface area (Å²) in [4.78, 5) is 0. The van der Waals surface area contributed by atoms with Crippen molar-refractivity contribution in [1.82, 2.24) is 0 Å². The molecule has 0 aliphatic rings. The first-order chi connectivity index (χ1) is 1.73. The average Bonchev–Trinajstić information content (AvgIpc) is 0.811. The summed E-state index contributed by atoms with van der Waals surface area (Å²) in [6.45, 7) is 6.69. The second-order valence-electron chi connectivity index (χ2n) is 1.34. The van der Waals surface area contributed by atoms with Gasteiger partial charge in [-0.05, 0) is 20.0 Å². The molecule has 0 unspecified atom stereocenters. The Bertz CT molecular complexity index is 12.3. The van der Waals surface area contributed by atoms with E-state index >= 15 is 0 Å². The van der Waals surface area contributed by atoms with Gasteiger partial charge in [0.2, 0.25) is 0 Å². The number of rotatable bonds is 0. The maximum Gasteiger partial charge on any atom is 0 e. The van der Waals surface area contributed by atoms with E-state index in [0.29, 0.717) is 7.92 Å². The van der Waals surface area contributed by atoms with E-state index in [2.05, 4.69) is 20.0 Å². The summed E-state index contributed by atoms with van der Waals surface area (Å²) >= 11 is 0. The first-order valence-electron chi connectivity index (χ1n) is 1.34. The van der Waals surface area contributed by atoms with Gasteiger partial charge in [0.05, 0.1) is 0 Å². The molecule has 0 bridgehead atoms. The topological polar surface area (TPSA) is 0 Å². The Hall–Kier alpha value is 1.01. The van der Waals surface area contributed by atoms with Gasteiger partial charge in [-0.1, -0.05) is 7.43 Å². The van der Waals surface area contributed by atoms with E-state index in [1.165, 1.54) is 0 Å². The largest absolute Gasteiger partial charge is 0.116 e. The summed E-state index contributed by atoms with van der Waals surface area (Å²) < 4.78 is 0. The molecule has 0 nitrogen and oxygen atoms in total. The summed E-state index contributed by atoms with van der Waals surface area (Å²) in [6.07, 6.45) is 0. The van der Waals surface area contributed by atoms with Gasteiger partial charge in [0, 0.05) is 18.6 Å². The Morgan fingerprint density at radius 2 is 1.00 bits per heavy atom. The fourth-order valence-electron chi connectivity index (χ4n) is 0. The minimum Gasteiger partial charge on any atom is -0.116 e. The predicted molar refractivity (Wildman–Crippen MR) is 31.4 cm³/mol. The van der Waals surface area contributed by atoms with E-state index < -0.39 is 0 Å². The standard InChI is InChI=1S/C3H9P.CH4.V/c1-4(2)3;;/h1-3H3;1H4;.